The summed E-state index contributed by atoms with van der Waals surface area (Å²) in [6.07, 6.45) is 2.05. The van der Waals surface area contributed by atoms with Crippen molar-refractivity contribution in [3.05, 3.63) is 41.0 Å². The molecule has 0 unspecified atom stereocenters. The maximum atomic E-state index is 6.52. The van der Waals surface area contributed by atoms with E-state index in [4.69, 9.17) is 23.7 Å². The van der Waals surface area contributed by atoms with Crippen LogP contribution in [0.2, 0.25) is 0 Å². The van der Waals surface area contributed by atoms with Crippen LogP contribution in [0, 0.1) is 5.92 Å². The van der Waals surface area contributed by atoms with Gasteiger partial charge >= 0.3 is 0 Å². The monoisotopic (exact) mass is 382 g/mol. The lowest BCUT2D eigenvalue weighted by Crippen LogP contribution is -2.40. The van der Waals surface area contributed by atoms with Crippen LogP contribution < -0.4 is 23.7 Å². The van der Waals surface area contributed by atoms with Crippen LogP contribution in [0.25, 0.3) is 0 Å². The summed E-state index contributed by atoms with van der Waals surface area (Å²) >= 11 is 0. The van der Waals surface area contributed by atoms with Crippen LogP contribution in [-0.4, -0.2) is 33.0 Å². The highest BCUT2D eigenvalue weighted by atomic mass is 16.5. The summed E-state index contributed by atoms with van der Waals surface area (Å²) < 4.78 is 29.6. The summed E-state index contributed by atoms with van der Waals surface area (Å²) in [6, 6.07) is 8.21. The fourth-order valence-corrected chi connectivity index (χ4v) is 4.57. The first-order valence-corrected chi connectivity index (χ1v) is 9.95. The molecule has 5 heteroatoms. The molecule has 148 valence electrons. The Balaban J connectivity index is 1.51. The quantitative estimate of drug-likeness (QED) is 0.798. The van der Waals surface area contributed by atoms with Gasteiger partial charge in [0.1, 0.15) is 36.1 Å². The third kappa shape index (κ3) is 2.60. The van der Waals surface area contributed by atoms with Crippen molar-refractivity contribution >= 4 is 0 Å². The standard InChI is InChI=1S/C23H26O5/c1-12(2)18-9-16-17(27-18)6-5-13-7-14-15-8-20(24-3)21(25-4)10-19(15)26-11-22(14)28-23(13)16/h5-6,8,10,12,14,18,22H,7,9,11H2,1-4H3/t14-,18+,22+/m0/s1. The first-order chi connectivity index (χ1) is 13.6. The second-order valence-electron chi connectivity index (χ2n) is 8.16. The molecule has 5 nitrogen and oxygen atoms in total. The predicted octanol–water partition coefficient (Wildman–Crippen LogP) is 4.14. The van der Waals surface area contributed by atoms with Gasteiger partial charge < -0.3 is 23.7 Å². The molecular weight excluding hydrogens is 356 g/mol. The lowest BCUT2D eigenvalue weighted by atomic mass is 9.82. The highest BCUT2D eigenvalue weighted by molar-refractivity contribution is 5.57. The second kappa shape index (κ2) is 6.50. The van der Waals surface area contributed by atoms with Gasteiger partial charge in [-0.2, -0.15) is 0 Å². The molecule has 3 heterocycles. The Kier molecular flexibility index (Phi) is 4.07. The number of ether oxygens (including phenoxy) is 5. The zero-order valence-electron chi connectivity index (χ0n) is 16.8. The van der Waals surface area contributed by atoms with Crippen molar-refractivity contribution in [1.82, 2.24) is 0 Å². The Morgan fingerprint density at radius 1 is 0.964 bits per heavy atom. The number of hydrogen-bond acceptors (Lipinski definition) is 5. The van der Waals surface area contributed by atoms with E-state index >= 15 is 0 Å². The topological polar surface area (TPSA) is 46.2 Å². The van der Waals surface area contributed by atoms with E-state index in [2.05, 4.69) is 26.0 Å². The second-order valence-corrected chi connectivity index (χ2v) is 8.16. The average molecular weight is 382 g/mol. The Morgan fingerprint density at radius 3 is 2.50 bits per heavy atom. The molecule has 2 aromatic carbocycles. The molecule has 5 rings (SSSR count). The molecule has 0 saturated heterocycles. The van der Waals surface area contributed by atoms with Crippen molar-refractivity contribution in [1.29, 1.82) is 0 Å². The minimum absolute atomic E-state index is 0.0114. The van der Waals surface area contributed by atoms with E-state index in [9.17, 15) is 0 Å². The molecule has 0 amide bonds. The Hall–Kier alpha value is -2.56. The number of benzene rings is 2. The highest BCUT2D eigenvalue weighted by Crippen LogP contribution is 2.49. The fraction of sp³-hybridized carbons (Fsp3) is 0.478. The summed E-state index contributed by atoms with van der Waals surface area (Å²) in [6.45, 7) is 4.94. The van der Waals surface area contributed by atoms with Crippen LogP contribution in [0.5, 0.6) is 28.7 Å². The number of hydrogen-bond donors (Lipinski definition) is 0. The average Bonchev–Trinajstić information content (AvgIpc) is 3.16. The van der Waals surface area contributed by atoms with E-state index in [1.54, 1.807) is 14.2 Å². The van der Waals surface area contributed by atoms with E-state index in [0.717, 1.165) is 41.4 Å². The minimum atomic E-state index is -0.0114. The molecule has 0 spiro atoms. The lowest BCUT2D eigenvalue weighted by Gasteiger charge is -2.38. The molecule has 3 aliphatic heterocycles. The molecule has 0 saturated carbocycles. The fourth-order valence-electron chi connectivity index (χ4n) is 4.57. The van der Waals surface area contributed by atoms with Gasteiger partial charge in [0.15, 0.2) is 11.5 Å². The molecule has 0 fully saturated rings. The number of rotatable bonds is 3. The van der Waals surface area contributed by atoms with Crippen molar-refractivity contribution in [2.24, 2.45) is 5.92 Å². The van der Waals surface area contributed by atoms with Gasteiger partial charge in [-0.1, -0.05) is 19.9 Å². The largest absolute Gasteiger partial charge is 0.493 e. The maximum Gasteiger partial charge on any atom is 0.164 e. The Bertz CT molecular complexity index is 920. The van der Waals surface area contributed by atoms with Crippen molar-refractivity contribution in [3.63, 3.8) is 0 Å². The molecule has 0 aromatic heterocycles. The molecule has 0 bridgehead atoms. The van der Waals surface area contributed by atoms with Gasteiger partial charge in [-0.05, 0) is 30.0 Å². The van der Waals surface area contributed by atoms with Crippen molar-refractivity contribution in [2.45, 2.75) is 44.8 Å². The van der Waals surface area contributed by atoms with Crippen LogP contribution in [-0.2, 0) is 12.8 Å². The first-order valence-electron chi connectivity index (χ1n) is 9.95. The van der Waals surface area contributed by atoms with Gasteiger partial charge in [-0.25, -0.2) is 0 Å². The molecule has 0 radical (unpaired) electrons. The summed E-state index contributed by atoms with van der Waals surface area (Å²) in [5.41, 5.74) is 3.58. The first kappa shape index (κ1) is 17.5. The molecule has 2 aromatic rings. The van der Waals surface area contributed by atoms with Gasteiger partial charge in [0, 0.05) is 29.5 Å². The van der Waals surface area contributed by atoms with Gasteiger partial charge in [0.25, 0.3) is 0 Å². The third-order valence-electron chi connectivity index (χ3n) is 6.20. The Labute approximate surface area is 165 Å². The summed E-state index contributed by atoms with van der Waals surface area (Å²) in [7, 11) is 3.30. The van der Waals surface area contributed by atoms with Gasteiger partial charge in [0.2, 0.25) is 0 Å². The number of fused-ring (bicyclic) bond motifs is 6. The summed E-state index contributed by atoms with van der Waals surface area (Å²) in [5, 5.41) is 0. The van der Waals surface area contributed by atoms with Gasteiger partial charge in [-0.15, -0.1) is 0 Å². The van der Waals surface area contributed by atoms with Crippen LogP contribution in [0.15, 0.2) is 24.3 Å². The van der Waals surface area contributed by atoms with Crippen LogP contribution in [0.4, 0.5) is 0 Å². The van der Waals surface area contributed by atoms with E-state index in [1.165, 1.54) is 11.1 Å². The van der Waals surface area contributed by atoms with Crippen LogP contribution in [0.1, 0.15) is 36.5 Å². The van der Waals surface area contributed by atoms with E-state index < -0.39 is 0 Å². The normalized spacial score (nSPS) is 24.1. The van der Waals surface area contributed by atoms with Crippen molar-refractivity contribution in [3.8, 4) is 28.7 Å². The maximum absolute atomic E-state index is 6.52. The Morgan fingerprint density at radius 2 is 1.75 bits per heavy atom. The molecule has 0 aliphatic carbocycles. The zero-order chi connectivity index (χ0) is 19.4. The SMILES string of the molecule is COc1cc2c(cc1OC)[C@@H]1Cc3ccc4c(c3O[C@@H]1CO2)C[C@H](C(C)C)O4. The van der Waals surface area contributed by atoms with E-state index in [-0.39, 0.29) is 18.1 Å². The highest BCUT2D eigenvalue weighted by Gasteiger charge is 2.40. The van der Waals surface area contributed by atoms with E-state index in [1.807, 2.05) is 12.1 Å². The molecule has 0 N–H and O–H groups in total. The molecular formula is C23H26O5. The minimum Gasteiger partial charge on any atom is -0.493 e. The summed E-state index contributed by atoms with van der Waals surface area (Å²) in [4.78, 5) is 0. The molecule has 28 heavy (non-hydrogen) atoms. The molecule has 3 atom stereocenters. The zero-order valence-corrected chi connectivity index (χ0v) is 16.8. The molecule has 3 aliphatic rings. The smallest absolute Gasteiger partial charge is 0.164 e. The van der Waals surface area contributed by atoms with Crippen LogP contribution in [0.3, 0.4) is 0 Å². The van der Waals surface area contributed by atoms with Crippen molar-refractivity contribution in [2.75, 3.05) is 20.8 Å². The predicted molar refractivity (Wildman–Crippen MR) is 105 cm³/mol. The lowest BCUT2D eigenvalue weighted by molar-refractivity contribution is 0.0722. The number of methoxy groups -OCH3 is 2. The van der Waals surface area contributed by atoms with Gasteiger partial charge in [-0.3, -0.25) is 0 Å². The van der Waals surface area contributed by atoms with Crippen molar-refractivity contribution < 1.29 is 23.7 Å². The summed E-state index contributed by atoms with van der Waals surface area (Å²) in [5.74, 6) is 4.96. The van der Waals surface area contributed by atoms with Gasteiger partial charge in [0.05, 0.1) is 14.2 Å². The van der Waals surface area contributed by atoms with E-state index in [0.29, 0.717) is 18.3 Å². The van der Waals surface area contributed by atoms with Crippen LogP contribution >= 0.6 is 0 Å². The third-order valence-corrected chi connectivity index (χ3v) is 6.20.